The number of nitrogens with zero attached hydrogens (tertiary/aromatic N) is 3. The van der Waals surface area contributed by atoms with Crippen molar-refractivity contribution < 1.29 is 9.53 Å². The highest BCUT2D eigenvalue weighted by molar-refractivity contribution is 9.10. The molecule has 1 amide bonds. The van der Waals surface area contributed by atoms with Crippen LogP contribution in [0, 0.1) is 13.8 Å². The van der Waals surface area contributed by atoms with Crippen LogP contribution in [0.5, 0.6) is 5.75 Å². The Labute approximate surface area is 208 Å². The van der Waals surface area contributed by atoms with E-state index in [-0.39, 0.29) is 18.3 Å². The van der Waals surface area contributed by atoms with Gasteiger partial charge in [-0.15, -0.1) is 16.8 Å². The average molecular weight is 530 g/mol. The third-order valence-corrected chi connectivity index (χ3v) is 6.51. The molecule has 0 radical (unpaired) electrons. The van der Waals surface area contributed by atoms with E-state index in [9.17, 15) is 4.79 Å². The molecule has 0 saturated carbocycles. The second kappa shape index (κ2) is 11.5. The van der Waals surface area contributed by atoms with E-state index in [1.165, 1.54) is 11.8 Å². The Morgan fingerprint density at radius 2 is 2.03 bits per heavy atom. The van der Waals surface area contributed by atoms with Gasteiger partial charge in [0, 0.05) is 16.7 Å². The molecular formula is C25H29BrN4O2S. The number of nitrogens with one attached hydrogen (secondary N) is 1. The lowest BCUT2D eigenvalue weighted by Gasteiger charge is -2.15. The number of aromatic nitrogens is 3. The average Bonchev–Trinajstić information content (AvgIpc) is 3.14. The van der Waals surface area contributed by atoms with Gasteiger partial charge in [0.2, 0.25) is 5.91 Å². The van der Waals surface area contributed by atoms with Gasteiger partial charge in [-0.1, -0.05) is 59.7 Å². The van der Waals surface area contributed by atoms with Gasteiger partial charge >= 0.3 is 0 Å². The molecule has 0 aliphatic rings. The highest BCUT2D eigenvalue weighted by Gasteiger charge is 2.16. The lowest BCUT2D eigenvalue weighted by Crippen LogP contribution is -2.15. The van der Waals surface area contributed by atoms with Crippen LogP contribution in [0.15, 0.2) is 58.7 Å². The van der Waals surface area contributed by atoms with E-state index in [2.05, 4.69) is 64.0 Å². The summed E-state index contributed by atoms with van der Waals surface area (Å²) >= 11 is 4.78. The van der Waals surface area contributed by atoms with Crippen molar-refractivity contribution >= 4 is 39.3 Å². The Bertz CT molecular complexity index is 1140. The number of hydrogen-bond donors (Lipinski definition) is 1. The number of carbonyl (C=O) groups excluding carboxylic acids is 1. The standard InChI is InChI=1S/C25H29BrN4O2S/c1-6-11-30-23(14-32-22-12-17(4)7-9-20(22)16(2)3)28-29-25(30)33-15-24(31)27-21-10-8-19(26)13-18(21)5/h6-10,12-13,16H,1,11,14-15H2,2-5H3,(H,27,31). The number of carbonyl (C=O) groups is 1. The van der Waals surface area contributed by atoms with Gasteiger partial charge in [-0.3, -0.25) is 9.36 Å². The lowest BCUT2D eigenvalue weighted by atomic mass is 10.0. The highest BCUT2D eigenvalue weighted by atomic mass is 79.9. The van der Waals surface area contributed by atoms with Gasteiger partial charge in [-0.2, -0.15) is 0 Å². The van der Waals surface area contributed by atoms with Gasteiger partial charge < -0.3 is 10.1 Å². The topological polar surface area (TPSA) is 69.0 Å². The van der Waals surface area contributed by atoms with E-state index in [1.807, 2.05) is 42.7 Å². The van der Waals surface area contributed by atoms with E-state index in [4.69, 9.17) is 4.74 Å². The van der Waals surface area contributed by atoms with Crippen molar-refractivity contribution in [3.8, 4) is 5.75 Å². The van der Waals surface area contributed by atoms with Gasteiger partial charge in [0.05, 0.1) is 5.75 Å². The van der Waals surface area contributed by atoms with E-state index in [0.717, 1.165) is 32.6 Å². The zero-order chi connectivity index (χ0) is 24.0. The fraction of sp³-hybridized carbons (Fsp3) is 0.320. The summed E-state index contributed by atoms with van der Waals surface area (Å²) in [5.41, 5.74) is 4.09. The molecule has 0 fully saturated rings. The van der Waals surface area contributed by atoms with Crippen LogP contribution in [0.1, 0.15) is 42.3 Å². The van der Waals surface area contributed by atoms with Crippen molar-refractivity contribution in [3.05, 3.63) is 76.0 Å². The van der Waals surface area contributed by atoms with Crippen molar-refractivity contribution in [1.29, 1.82) is 0 Å². The molecule has 1 aromatic heterocycles. The predicted octanol–water partition coefficient (Wildman–Crippen LogP) is 6.28. The summed E-state index contributed by atoms with van der Waals surface area (Å²) in [5, 5.41) is 12.2. The summed E-state index contributed by atoms with van der Waals surface area (Å²) in [6.45, 7) is 13.0. The molecule has 3 rings (SSSR count). The van der Waals surface area contributed by atoms with Crippen molar-refractivity contribution in [2.75, 3.05) is 11.1 Å². The third-order valence-electron chi connectivity index (χ3n) is 5.05. The Balaban J connectivity index is 1.67. The number of aryl methyl sites for hydroxylation is 2. The second-order valence-electron chi connectivity index (χ2n) is 8.08. The molecule has 8 heteroatoms. The first-order valence-corrected chi connectivity index (χ1v) is 12.5. The summed E-state index contributed by atoms with van der Waals surface area (Å²) in [6.07, 6.45) is 1.79. The molecule has 33 heavy (non-hydrogen) atoms. The number of anilines is 1. The number of ether oxygens (including phenoxy) is 1. The number of rotatable bonds is 10. The van der Waals surface area contributed by atoms with E-state index in [0.29, 0.717) is 23.4 Å². The van der Waals surface area contributed by atoms with Crippen LogP contribution >= 0.6 is 27.7 Å². The van der Waals surface area contributed by atoms with Crippen LogP contribution in [0.3, 0.4) is 0 Å². The molecule has 0 saturated heterocycles. The first kappa shape index (κ1) is 25.1. The van der Waals surface area contributed by atoms with E-state index >= 15 is 0 Å². The SMILES string of the molecule is C=CCn1c(COc2cc(C)ccc2C(C)C)nnc1SCC(=O)Nc1ccc(Br)cc1C. The maximum Gasteiger partial charge on any atom is 0.234 e. The van der Waals surface area contributed by atoms with Crippen molar-refractivity contribution in [1.82, 2.24) is 14.8 Å². The number of thioether (sulfide) groups is 1. The van der Waals surface area contributed by atoms with Crippen LogP contribution in [0.25, 0.3) is 0 Å². The monoisotopic (exact) mass is 528 g/mol. The first-order chi connectivity index (χ1) is 15.8. The normalized spacial score (nSPS) is 11.0. The largest absolute Gasteiger partial charge is 0.485 e. The Hall–Kier alpha value is -2.58. The fourth-order valence-corrected chi connectivity index (χ4v) is 4.56. The third kappa shape index (κ3) is 6.71. The van der Waals surface area contributed by atoms with Crippen molar-refractivity contribution in [3.63, 3.8) is 0 Å². The molecule has 0 bridgehead atoms. The number of amides is 1. The minimum atomic E-state index is -0.0993. The zero-order valence-corrected chi connectivity index (χ0v) is 21.8. The predicted molar refractivity (Wildman–Crippen MR) is 138 cm³/mol. The molecule has 174 valence electrons. The van der Waals surface area contributed by atoms with Gasteiger partial charge in [0.15, 0.2) is 11.0 Å². The first-order valence-electron chi connectivity index (χ1n) is 10.7. The molecule has 0 spiro atoms. The molecule has 0 unspecified atom stereocenters. The molecule has 0 aliphatic carbocycles. The second-order valence-corrected chi connectivity index (χ2v) is 9.94. The summed E-state index contributed by atoms with van der Waals surface area (Å²) in [5.74, 6) is 2.03. The molecule has 3 aromatic rings. The van der Waals surface area contributed by atoms with Crippen molar-refractivity contribution in [2.45, 2.75) is 51.9 Å². The quantitative estimate of drug-likeness (QED) is 0.247. The van der Waals surface area contributed by atoms with Gasteiger partial charge in [0.25, 0.3) is 0 Å². The van der Waals surface area contributed by atoms with Crippen molar-refractivity contribution in [2.24, 2.45) is 0 Å². The zero-order valence-electron chi connectivity index (χ0n) is 19.4. The van der Waals surface area contributed by atoms with E-state index in [1.54, 1.807) is 6.08 Å². The molecule has 0 atom stereocenters. The van der Waals surface area contributed by atoms with Crippen LogP contribution in [-0.2, 0) is 17.9 Å². The molecule has 6 nitrogen and oxygen atoms in total. The Morgan fingerprint density at radius 3 is 2.73 bits per heavy atom. The number of allylic oxidation sites excluding steroid dienone is 1. The summed E-state index contributed by atoms with van der Waals surface area (Å²) in [7, 11) is 0. The van der Waals surface area contributed by atoms with E-state index < -0.39 is 0 Å². The molecule has 1 N–H and O–H groups in total. The summed E-state index contributed by atoms with van der Waals surface area (Å²) < 4.78 is 9.05. The van der Waals surface area contributed by atoms with Crippen LogP contribution in [-0.4, -0.2) is 26.4 Å². The molecule has 0 aliphatic heterocycles. The molecular weight excluding hydrogens is 500 g/mol. The van der Waals surface area contributed by atoms with Gasteiger partial charge in [-0.05, 0) is 60.7 Å². The summed E-state index contributed by atoms with van der Waals surface area (Å²) in [6, 6.07) is 12.0. The fourth-order valence-electron chi connectivity index (χ4n) is 3.31. The molecule has 1 heterocycles. The lowest BCUT2D eigenvalue weighted by molar-refractivity contribution is -0.113. The van der Waals surface area contributed by atoms with Crippen LogP contribution in [0.2, 0.25) is 0 Å². The smallest absolute Gasteiger partial charge is 0.234 e. The minimum Gasteiger partial charge on any atom is -0.485 e. The summed E-state index contributed by atoms with van der Waals surface area (Å²) in [4.78, 5) is 12.5. The maximum atomic E-state index is 12.5. The van der Waals surface area contributed by atoms with Crippen LogP contribution in [0.4, 0.5) is 5.69 Å². The Morgan fingerprint density at radius 1 is 1.24 bits per heavy atom. The highest BCUT2D eigenvalue weighted by Crippen LogP contribution is 2.28. The number of halogens is 1. The van der Waals surface area contributed by atoms with Gasteiger partial charge in [-0.25, -0.2) is 0 Å². The maximum absolute atomic E-state index is 12.5. The van der Waals surface area contributed by atoms with Gasteiger partial charge in [0.1, 0.15) is 12.4 Å². The number of benzene rings is 2. The number of hydrogen-bond acceptors (Lipinski definition) is 5. The minimum absolute atomic E-state index is 0.0993. The Kier molecular flexibility index (Phi) is 8.74. The molecule has 2 aromatic carbocycles. The van der Waals surface area contributed by atoms with Crippen LogP contribution < -0.4 is 10.1 Å².